The maximum absolute atomic E-state index is 12.3. The Hall–Kier alpha value is -1.86. The summed E-state index contributed by atoms with van der Waals surface area (Å²) >= 11 is 0. The van der Waals surface area contributed by atoms with Gasteiger partial charge in [0.25, 0.3) is 0 Å². The third-order valence-electron chi connectivity index (χ3n) is 2.92. The summed E-state index contributed by atoms with van der Waals surface area (Å²) in [5, 5.41) is 8.59. The number of benzene rings is 1. The molecule has 0 fully saturated rings. The van der Waals surface area contributed by atoms with E-state index in [1.165, 1.54) is 0 Å². The Balaban J connectivity index is 2.81. The van der Waals surface area contributed by atoms with Crippen LogP contribution in [0.2, 0.25) is 0 Å². The van der Waals surface area contributed by atoms with Crippen molar-refractivity contribution >= 4 is 5.91 Å². The highest BCUT2D eigenvalue weighted by Gasteiger charge is 2.23. The molecule has 0 aliphatic rings. The van der Waals surface area contributed by atoms with Gasteiger partial charge < -0.3 is 10.6 Å². The SMILES string of the molecule is CCN(CCC#N)C(=O)C(CN)c1ccccc1. The minimum Gasteiger partial charge on any atom is -0.341 e. The summed E-state index contributed by atoms with van der Waals surface area (Å²) in [6.07, 6.45) is 0.353. The van der Waals surface area contributed by atoms with Gasteiger partial charge >= 0.3 is 0 Å². The highest BCUT2D eigenvalue weighted by molar-refractivity contribution is 5.84. The molecule has 4 nitrogen and oxygen atoms in total. The predicted octanol–water partition coefficient (Wildman–Crippen LogP) is 1.49. The van der Waals surface area contributed by atoms with Gasteiger partial charge in [-0.1, -0.05) is 30.3 Å². The van der Waals surface area contributed by atoms with E-state index < -0.39 is 0 Å². The first-order valence-electron chi connectivity index (χ1n) is 6.15. The third-order valence-corrected chi connectivity index (χ3v) is 2.92. The zero-order chi connectivity index (χ0) is 13.4. The van der Waals surface area contributed by atoms with Crippen LogP contribution in [0.4, 0.5) is 0 Å². The van der Waals surface area contributed by atoms with Crippen molar-refractivity contribution in [1.29, 1.82) is 5.26 Å². The average molecular weight is 245 g/mol. The molecular formula is C14H19N3O. The molecule has 0 aromatic heterocycles. The molecule has 1 amide bonds. The molecule has 1 unspecified atom stereocenters. The normalized spacial score (nSPS) is 11.6. The molecule has 0 heterocycles. The number of likely N-dealkylation sites (N-methyl/N-ethyl adjacent to an activating group) is 1. The molecule has 1 atom stereocenters. The number of rotatable bonds is 6. The molecule has 1 aromatic carbocycles. The van der Waals surface area contributed by atoms with Crippen molar-refractivity contribution in [3.05, 3.63) is 35.9 Å². The van der Waals surface area contributed by atoms with E-state index in [1.54, 1.807) is 4.90 Å². The summed E-state index contributed by atoms with van der Waals surface area (Å²) in [7, 11) is 0. The summed E-state index contributed by atoms with van der Waals surface area (Å²) in [5.41, 5.74) is 6.65. The first kappa shape index (κ1) is 14.2. The first-order valence-corrected chi connectivity index (χ1v) is 6.15. The van der Waals surface area contributed by atoms with E-state index in [-0.39, 0.29) is 18.4 Å². The van der Waals surface area contributed by atoms with Crippen molar-refractivity contribution in [2.24, 2.45) is 5.73 Å². The number of nitrogens with zero attached hydrogens (tertiary/aromatic N) is 2. The quantitative estimate of drug-likeness (QED) is 0.825. The number of nitrogens with two attached hydrogens (primary N) is 1. The van der Waals surface area contributed by atoms with Crippen LogP contribution in [-0.4, -0.2) is 30.4 Å². The van der Waals surface area contributed by atoms with Crippen LogP contribution < -0.4 is 5.73 Å². The number of hydrogen-bond acceptors (Lipinski definition) is 3. The number of nitriles is 1. The van der Waals surface area contributed by atoms with Gasteiger partial charge in [0, 0.05) is 19.6 Å². The molecule has 2 N–H and O–H groups in total. The molecule has 0 aliphatic carbocycles. The van der Waals surface area contributed by atoms with Crippen molar-refractivity contribution in [3.63, 3.8) is 0 Å². The fourth-order valence-electron chi connectivity index (χ4n) is 1.89. The van der Waals surface area contributed by atoms with Gasteiger partial charge in [0.05, 0.1) is 18.4 Å². The molecule has 0 saturated heterocycles. The van der Waals surface area contributed by atoms with Gasteiger partial charge in [0.2, 0.25) is 5.91 Å². The van der Waals surface area contributed by atoms with Crippen molar-refractivity contribution < 1.29 is 4.79 Å². The molecule has 0 aliphatic heterocycles. The summed E-state index contributed by atoms with van der Waals surface area (Å²) in [6.45, 7) is 3.26. The van der Waals surface area contributed by atoms with Gasteiger partial charge in [-0.2, -0.15) is 5.26 Å². The Labute approximate surface area is 108 Å². The minimum absolute atomic E-state index is 0.00134. The maximum Gasteiger partial charge on any atom is 0.231 e. The first-order chi connectivity index (χ1) is 8.74. The molecule has 1 aromatic rings. The molecule has 0 saturated carbocycles. The summed E-state index contributed by atoms with van der Waals surface area (Å²) in [5.74, 6) is -0.314. The molecule has 1 rings (SSSR count). The smallest absolute Gasteiger partial charge is 0.231 e. The Kier molecular flexibility index (Phi) is 5.89. The van der Waals surface area contributed by atoms with Crippen LogP contribution in [0, 0.1) is 11.3 Å². The number of carbonyl (C=O) groups is 1. The lowest BCUT2D eigenvalue weighted by Gasteiger charge is -2.25. The Bertz CT molecular complexity index is 411. The fourth-order valence-corrected chi connectivity index (χ4v) is 1.89. The highest BCUT2D eigenvalue weighted by atomic mass is 16.2. The second-order valence-electron chi connectivity index (χ2n) is 4.02. The minimum atomic E-state index is -0.315. The van der Waals surface area contributed by atoms with Crippen LogP contribution in [0.3, 0.4) is 0 Å². The molecule has 0 bridgehead atoms. The lowest BCUT2D eigenvalue weighted by atomic mass is 9.97. The van der Waals surface area contributed by atoms with Crippen LogP contribution >= 0.6 is 0 Å². The summed E-state index contributed by atoms with van der Waals surface area (Å²) in [4.78, 5) is 14.0. The highest BCUT2D eigenvalue weighted by Crippen LogP contribution is 2.17. The van der Waals surface area contributed by atoms with Gasteiger partial charge in [-0.25, -0.2) is 0 Å². The molecule has 18 heavy (non-hydrogen) atoms. The van der Waals surface area contributed by atoms with E-state index in [4.69, 9.17) is 11.0 Å². The third kappa shape index (κ3) is 3.57. The van der Waals surface area contributed by atoms with Crippen molar-refractivity contribution in [3.8, 4) is 6.07 Å². The maximum atomic E-state index is 12.3. The Morgan fingerprint density at radius 1 is 1.44 bits per heavy atom. The van der Waals surface area contributed by atoms with Crippen LogP contribution in [0.1, 0.15) is 24.8 Å². The largest absolute Gasteiger partial charge is 0.341 e. The Morgan fingerprint density at radius 2 is 2.11 bits per heavy atom. The van der Waals surface area contributed by atoms with Crippen molar-refractivity contribution in [2.75, 3.05) is 19.6 Å². The van der Waals surface area contributed by atoms with Crippen molar-refractivity contribution in [1.82, 2.24) is 4.90 Å². The Morgan fingerprint density at radius 3 is 2.61 bits per heavy atom. The van der Waals surface area contributed by atoms with E-state index in [2.05, 4.69) is 6.07 Å². The predicted molar refractivity (Wildman–Crippen MR) is 70.7 cm³/mol. The fraction of sp³-hybridized carbons (Fsp3) is 0.429. The monoisotopic (exact) mass is 245 g/mol. The number of carbonyl (C=O) groups excluding carboxylic acids is 1. The second kappa shape index (κ2) is 7.46. The van der Waals surface area contributed by atoms with Gasteiger partial charge in [-0.05, 0) is 12.5 Å². The molecular weight excluding hydrogens is 226 g/mol. The van der Waals surface area contributed by atoms with E-state index in [1.807, 2.05) is 37.3 Å². The summed E-state index contributed by atoms with van der Waals surface area (Å²) < 4.78 is 0. The number of hydrogen-bond donors (Lipinski definition) is 1. The van der Waals surface area contributed by atoms with E-state index in [0.717, 1.165) is 5.56 Å². The van der Waals surface area contributed by atoms with Gasteiger partial charge in [0.1, 0.15) is 0 Å². The zero-order valence-corrected chi connectivity index (χ0v) is 10.7. The summed E-state index contributed by atoms with van der Waals surface area (Å²) in [6, 6.07) is 11.6. The van der Waals surface area contributed by atoms with Gasteiger partial charge in [-0.15, -0.1) is 0 Å². The molecule has 0 radical (unpaired) electrons. The van der Waals surface area contributed by atoms with E-state index in [0.29, 0.717) is 19.5 Å². The van der Waals surface area contributed by atoms with Crippen LogP contribution in [0.25, 0.3) is 0 Å². The van der Waals surface area contributed by atoms with Crippen LogP contribution in [0.15, 0.2) is 30.3 Å². The second-order valence-corrected chi connectivity index (χ2v) is 4.02. The van der Waals surface area contributed by atoms with Gasteiger partial charge in [0.15, 0.2) is 0 Å². The van der Waals surface area contributed by atoms with Crippen LogP contribution in [-0.2, 0) is 4.79 Å². The average Bonchev–Trinajstić information content (AvgIpc) is 2.42. The topological polar surface area (TPSA) is 70.1 Å². The lowest BCUT2D eigenvalue weighted by Crippen LogP contribution is -2.38. The lowest BCUT2D eigenvalue weighted by molar-refractivity contribution is -0.132. The van der Waals surface area contributed by atoms with Crippen LogP contribution in [0.5, 0.6) is 0 Å². The molecule has 96 valence electrons. The van der Waals surface area contributed by atoms with Crippen molar-refractivity contribution in [2.45, 2.75) is 19.3 Å². The number of amides is 1. The standard InChI is InChI=1S/C14H19N3O/c1-2-17(10-6-9-15)14(18)13(11-16)12-7-4-3-5-8-12/h3-5,7-8,13H,2,6,10-11,16H2,1H3. The van der Waals surface area contributed by atoms with Gasteiger partial charge in [-0.3, -0.25) is 4.79 Å². The molecule has 0 spiro atoms. The van der Waals surface area contributed by atoms with E-state index in [9.17, 15) is 4.79 Å². The zero-order valence-electron chi connectivity index (χ0n) is 10.7. The van der Waals surface area contributed by atoms with E-state index >= 15 is 0 Å². The molecule has 4 heteroatoms.